The first-order valence-corrected chi connectivity index (χ1v) is 5.23. The number of aliphatic carboxylic acids is 1. The van der Waals surface area contributed by atoms with Crippen LogP contribution >= 0.6 is 0 Å². The van der Waals surface area contributed by atoms with Gasteiger partial charge in [-0.05, 0) is 11.8 Å². The molecule has 0 atom stereocenters. The van der Waals surface area contributed by atoms with Crippen LogP contribution in [0.25, 0.3) is 0 Å². The van der Waals surface area contributed by atoms with E-state index < -0.39 is 5.97 Å². The summed E-state index contributed by atoms with van der Waals surface area (Å²) in [4.78, 5) is 9.00. The third kappa shape index (κ3) is 7.82. The lowest BCUT2D eigenvalue weighted by atomic mass is 9.82. The summed E-state index contributed by atoms with van der Waals surface area (Å²) >= 11 is 0. The fourth-order valence-electron chi connectivity index (χ4n) is 1.80. The van der Waals surface area contributed by atoms with Crippen molar-refractivity contribution in [3.63, 3.8) is 0 Å². The molecule has 0 aliphatic heterocycles. The van der Waals surface area contributed by atoms with Crippen LogP contribution in [0.5, 0.6) is 0 Å². The second-order valence-corrected chi connectivity index (χ2v) is 4.16. The van der Waals surface area contributed by atoms with Crippen molar-refractivity contribution in [2.24, 2.45) is 11.8 Å². The molecule has 0 bridgehead atoms. The van der Waals surface area contributed by atoms with Gasteiger partial charge in [0.25, 0.3) is 5.97 Å². The average molecular weight is 186 g/mol. The summed E-state index contributed by atoms with van der Waals surface area (Å²) in [7, 11) is 0. The minimum Gasteiger partial charge on any atom is -0.481 e. The normalized spacial score (nSPS) is 17.8. The Morgan fingerprint density at radius 1 is 1.23 bits per heavy atom. The van der Waals surface area contributed by atoms with Gasteiger partial charge in [-0.25, -0.2) is 0 Å². The highest BCUT2D eigenvalue weighted by molar-refractivity contribution is 5.62. The van der Waals surface area contributed by atoms with Gasteiger partial charge in [0.15, 0.2) is 0 Å². The Balaban J connectivity index is 0.000000310. The van der Waals surface area contributed by atoms with Gasteiger partial charge in [0, 0.05) is 6.92 Å². The molecule has 1 N–H and O–H groups in total. The van der Waals surface area contributed by atoms with Crippen LogP contribution < -0.4 is 0 Å². The van der Waals surface area contributed by atoms with E-state index in [-0.39, 0.29) is 0 Å². The van der Waals surface area contributed by atoms with Crippen molar-refractivity contribution in [2.75, 3.05) is 0 Å². The topological polar surface area (TPSA) is 37.3 Å². The molecule has 0 aromatic carbocycles. The van der Waals surface area contributed by atoms with E-state index in [1.807, 2.05) is 0 Å². The monoisotopic (exact) mass is 186 g/mol. The summed E-state index contributed by atoms with van der Waals surface area (Å²) in [6.07, 6.45) is 7.46. The fraction of sp³-hybridized carbons (Fsp3) is 0.909. The van der Waals surface area contributed by atoms with Gasteiger partial charge in [-0.15, -0.1) is 0 Å². The first kappa shape index (κ1) is 12.5. The van der Waals surface area contributed by atoms with Gasteiger partial charge >= 0.3 is 0 Å². The smallest absolute Gasteiger partial charge is 0.300 e. The molecule has 78 valence electrons. The van der Waals surface area contributed by atoms with Crippen molar-refractivity contribution >= 4 is 5.97 Å². The predicted molar refractivity (Wildman–Crippen MR) is 54.7 cm³/mol. The van der Waals surface area contributed by atoms with Gasteiger partial charge in [0.2, 0.25) is 0 Å². The Bertz CT molecular complexity index is 131. The first-order chi connectivity index (χ1) is 6.04. The van der Waals surface area contributed by atoms with E-state index in [2.05, 4.69) is 13.8 Å². The lowest BCUT2D eigenvalue weighted by molar-refractivity contribution is -0.134. The summed E-state index contributed by atoms with van der Waals surface area (Å²) in [5.41, 5.74) is 0. The summed E-state index contributed by atoms with van der Waals surface area (Å²) in [5.74, 6) is 1.16. The van der Waals surface area contributed by atoms with Crippen molar-refractivity contribution in [3.8, 4) is 0 Å². The summed E-state index contributed by atoms with van der Waals surface area (Å²) in [6.45, 7) is 5.80. The van der Waals surface area contributed by atoms with E-state index in [1.165, 1.54) is 32.1 Å². The first-order valence-electron chi connectivity index (χ1n) is 5.23. The number of carbonyl (C=O) groups is 1. The van der Waals surface area contributed by atoms with Gasteiger partial charge in [-0.2, -0.15) is 0 Å². The highest BCUT2D eigenvalue weighted by atomic mass is 16.4. The zero-order chi connectivity index (χ0) is 10.3. The van der Waals surface area contributed by atoms with Crippen LogP contribution in [0, 0.1) is 11.8 Å². The van der Waals surface area contributed by atoms with Crippen molar-refractivity contribution in [2.45, 2.75) is 52.9 Å². The zero-order valence-electron chi connectivity index (χ0n) is 9.05. The van der Waals surface area contributed by atoms with Gasteiger partial charge in [-0.3, -0.25) is 4.79 Å². The second-order valence-electron chi connectivity index (χ2n) is 4.16. The molecule has 0 unspecified atom stereocenters. The number of hydrogen-bond donors (Lipinski definition) is 1. The predicted octanol–water partition coefficient (Wildman–Crippen LogP) is 3.31. The molecule has 0 aromatic heterocycles. The standard InChI is InChI=1S/C9H18.C2H4O2/c1-8(2)9-6-4-3-5-7-9;1-2(3)4/h8-9H,3-7H2,1-2H3;1H3,(H,3,4). The van der Waals surface area contributed by atoms with E-state index in [0.717, 1.165) is 18.8 Å². The van der Waals surface area contributed by atoms with Crippen LogP contribution in [-0.4, -0.2) is 11.1 Å². The number of hydrogen-bond acceptors (Lipinski definition) is 1. The molecular formula is C11H22O2. The van der Waals surface area contributed by atoms with E-state index in [1.54, 1.807) is 0 Å². The zero-order valence-corrected chi connectivity index (χ0v) is 9.05. The maximum atomic E-state index is 9.00. The molecule has 0 spiro atoms. The molecule has 0 heterocycles. The van der Waals surface area contributed by atoms with Gasteiger partial charge < -0.3 is 5.11 Å². The van der Waals surface area contributed by atoms with Gasteiger partial charge in [0.1, 0.15) is 0 Å². The summed E-state index contributed by atoms with van der Waals surface area (Å²) in [5, 5.41) is 7.42. The molecule has 2 heteroatoms. The maximum Gasteiger partial charge on any atom is 0.300 e. The number of carboxylic acid groups (broad SMARTS) is 1. The van der Waals surface area contributed by atoms with Crippen LogP contribution in [-0.2, 0) is 4.79 Å². The maximum absolute atomic E-state index is 9.00. The Morgan fingerprint density at radius 2 is 1.62 bits per heavy atom. The Morgan fingerprint density at radius 3 is 1.85 bits per heavy atom. The quantitative estimate of drug-likeness (QED) is 0.682. The highest BCUT2D eigenvalue weighted by Gasteiger charge is 2.15. The Kier molecular flexibility index (Phi) is 6.65. The lowest BCUT2D eigenvalue weighted by Crippen LogP contribution is -2.12. The second kappa shape index (κ2) is 6.93. The van der Waals surface area contributed by atoms with Crippen molar-refractivity contribution in [1.82, 2.24) is 0 Å². The van der Waals surface area contributed by atoms with Crippen molar-refractivity contribution < 1.29 is 9.90 Å². The molecule has 0 radical (unpaired) electrons. The lowest BCUT2D eigenvalue weighted by Gasteiger charge is -2.24. The van der Waals surface area contributed by atoms with Crippen molar-refractivity contribution in [3.05, 3.63) is 0 Å². The summed E-state index contributed by atoms with van der Waals surface area (Å²) in [6, 6.07) is 0. The molecule has 13 heavy (non-hydrogen) atoms. The number of carboxylic acids is 1. The van der Waals surface area contributed by atoms with Crippen molar-refractivity contribution in [1.29, 1.82) is 0 Å². The molecule has 1 fully saturated rings. The molecule has 0 saturated heterocycles. The molecule has 1 rings (SSSR count). The molecule has 2 nitrogen and oxygen atoms in total. The van der Waals surface area contributed by atoms with Gasteiger partial charge in [-0.1, -0.05) is 46.0 Å². The van der Waals surface area contributed by atoms with Crippen LogP contribution in [0.2, 0.25) is 0 Å². The fourth-order valence-corrected chi connectivity index (χ4v) is 1.80. The van der Waals surface area contributed by atoms with Crippen LogP contribution in [0.4, 0.5) is 0 Å². The van der Waals surface area contributed by atoms with E-state index >= 15 is 0 Å². The number of rotatable bonds is 1. The Hall–Kier alpha value is -0.530. The minimum absolute atomic E-state index is 0.833. The molecular weight excluding hydrogens is 164 g/mol. The van der Waals surface area contributed by atoms with Crippen LogP contribution in [0.3, 0.4) is 0 Å². The molecule has 1 aliphatic carbocycles. The summed E-state index contributed by atoms with van der Waals surface area (Å²) < 4.78 is 0. The van der Waals surface area contributed by atoms with Crippen LogP contribution in [0.15, 0.2) is 0 Å². The van der Waals surface area contributed by atoms with Crippen LogP contribution in [0.1, 0.15) is 52.9 Å². The van der Waals surface area contributed by atoms with E-state index in [9.17, 15) is 0 Å². The highest BCUT2D eigenvalue weighted by Crippen LogP contribution is 2.29. The molecule has 0 aromatic rings. The largest absolute Gasteiger partial charge is 0.481 e. The Labute approximate surface area is 81.3 Å². The van der Waals surface area contributed by atoms with E-state index in [0.29, 0.717) is 0 Å². The minimum atomic E-state index is -0.833. The van der Waals surface area contributed by atoms with E-state index in [4.69, 9.17) is 9.90 Å². The molecule has 1 saturated carbocycles. The SMILES string of the molecule is CC(=O)O.CC(C)C1CCCCC1. The third-order valence-corrected chi connectivity index (χ3v) is 2.59. The van der Waals surface area contributed by atoms with Gasteiger partial charge in [0.05, 0.1) is 0 Å². The molecule has 0 amide bonds. The average Bonchev–Trinajstić information content (AvgIpc) is 2.05. The third-order valence-electron chi connectivity index (χ3n) is 2.59. The molecule has 1 aliphatic rings.